The molecule has 0 bridgehead atoms. The summed E-state index contributed by atoms with van der Waals surface area (Å²) in [4.78, 5) is 17.0. The molecule has 0 saturated carbocycles. The smallest absolute Gasteiger partial charge is 0.181 e. The molecule has 0 spiro atoms. The van der Waals surface area contributed by atoms with Gasteiger partial charge in [0.1, 0.15) is 12.0 Å². The molecule has 0 fully saturated rings. The standard InChI is InChI=1S/C21H17ClN2O3/c1-26-8-7-20(25)18-10-17-6-5-15(14-3-2-4-16(22)9-14)11-24(17)21(18)19-12-27-13-23-19/h2-6,9-13H,7-8H2,1H3. The van der Waals surface area contributed by atoms with Crippen LogP contribution in [0, 0.1) is 0 Å². The van der Waals surface area contributed by atoms with Crippen LogP contribution in [-0.4, -0.2) is 28.9 Å². The van der Waals surface area contributed by atoms with Gasteiger partial charge >= 0.3 is 0 Å². The Morgan fingerprint density at radius 1 is 1.22 bits per heavy atom. The van der Waals surface area contributed by atoms with Crippen LogP contribution in [0.5, 0.6) is 0 Å². The summed E-state index contributed by atoms with van der Waals surface area (Å²) in [5.41, 5.74) is 4.81. The highest BCUT2D eigenvalue weighted by atomic mass is 35.5. The topological polar surface area (TPSA) is 56.7 Å². The maximum Gasteiger partial charge on any atom is 0.181 e. The van der Waals surface area contributed by atoms with E-state index in [1.165, 1.54) is 6.39 Å². The van der Waals surface area contributed by atoms with E-state index in [0.29, 0.717) is 35.0 Å². The highest BCUT2D eigenvalue weighted by Crippen LogP contribution is 2.31. The second kappa shape index (κ2) is 7.39. The van der Waals surface area contributed by atoms with Crippen LogP contribution in [0.15, 0.2) is 65.7 Å². The number of fused-ring (bicyclic) bond motifs is 1. The van der Waals surface area contributed by atoms with Gasteiger partial charge in [0.25, 0.3) is 0 Å². The van der Waals surface area contributed by atoms with Gasteiger partial charge in [0.2, 0.25) is 0 Å². The van der Waals surface area contributed by atoms with Gasteiger partial charge in [0.05, 0.1) is 12.3 Å². The molecule has 0 aliphatic heterocycles. The third-order valence-electron chi connectivity index (χ3n) is 4.43. The lowest BCUT2D eigenvalue weighted by atomic mass is 10.1. The van der Waals surface area contributed by atoms with E-state index >= 15 is 0 Å². The van der Waals surface area contributed by atoms with Gasteiger partial charge in [-0.15, -0.1) is 0 Å². The van der Waals surface area contributed by atoms with Gasteiger partial charge in [-0.25, -0.2) is 4.98 Å². The molecule has 0 N–H and O–H groups in total. The average molecular weight is 381 g/mol. The fourth-order valence-electron chi connectivity index (χ4n) is 3.14. The van der Waals surface area contributed by atoms with Crippen molar-refractivity contribution in [1.82, 2.24) is 9.38 Å². The second-order valence-electron chi connectivity index (χ2n) is 6.17. The van der Waals surface area contributed by atoms with Crippen LogP contribution in [-0.2, 0) is 4.74 Å². The first-order chi connectivity index (χ1) is 13.2. The Kier molecular flexibility index (Phi) is 4.79. The van der Waals surface area contributed by atoms with Crippen LogP contribution in [0.4, 0.5) is 0 Å². The summed E-state index contributed by atoms with van der Waals surface area (Å²) in [6, 6.07) is 13.5. The number of oxazole rings is 1. The molecule has 3 aromatic heterocycles. The molecule has 0 aliphatic carbocycles. The van der Waals surface area contributed by atoms with E-state index in [1.54, 1.807) is 13.4 Å². The summed E-state index contributed by atoms with van der Waals surface area (Å²) in [6.07, 6.45) is 5.19. The molecule has 5 nitrogen and oxygen atoms in total. The van der Waals surface area contributed by atoms with Crippen LogP contribution in [0.2, 0.25) is 5.02 Å². The third kappa shape index (κ3) is 3.39. The summed E-state index contributed by atoms with van der Waals surface area (Å²) < 4.78 is 12.2. The van der Waals surface area contributed by atoms with Crippen molar-refractivity contribution in [3.05, 3.63) is 71.9 Å². The largest absolute Gasteiger partial charge is 0.451 e. The predicted octanol–water partition coefficient (Wildman–Crippen LogP) is 5.13. The predicted molar refractivity (Wildman–Crippen MR) is 104 cm³/mol. The number of aromatic nitrogens is 2. The Balaban J connectivity index is 1.89. The molecule has 0 radical (unpaired) electrons. The van der Waals surface area contributed by atoms with Gasteiger partial charge in [0, 0.05) is 35.8 Å². The molecule has 6 heteroatoms. The molecule has 1 aromatic carbocycles. The quantitative estimate of drug-likeness (QED) is 0.435. The SMILES string of the molecule is COCCC(=O)c1cc2ccc(-c3cccc(Cl)c3)cn2c1-c1cocn1. The number of rotatable bonds is 6. The van der Waals surface area contributed by atoms with Crippen molar-refractivity contribution in [3.8, 4) is 22.5 Å². The number of Topliss-reactive ketones (excluding diaryl/α,β-unsaturated/α-hetero) is 1. The molecular formula is C21H17ClN2O3. The zero-order valence-electron chi connectivity index (χ0n) is 14.7. The summed E-state index contributed by atoms with van der Waals surface area (Å²) in [7, 11) is 1.58. The van der Waals surface area contributed by atoms with E-state index in [4.69, 9.17) is 20.8 Å². The summed E-state index contributed by atoms with van der Waals surface area (Å²) in [5.74, 6) is 0.00264. The molecule has 0 unspecified atom stereocenters. The number of hydrogen-bond donors (Lipinski definition) is 0. The van der Waals surface area contributed by atoms with Crippen molar-refractivity contribution in [3.63, 3.8) is 0 Å². The van der Waals surface area contributed by atoms with Gasteiger partial charge in [-0.2, -0.15) is 0 Å². The Morgan fingerprint density at radius 3 is 2.85 bits per heavy atom. The van der Waals surface area contributed by atoms with Crippen LogP contribution in [0.3, 0.4) is 0 Å². The van der Waals surface area contributed by atoms with Crippen LogP contribution < -0.4 is 0 Å². The number of carbonyl (C=O) groups excluding carboxylic acids is 1. The van der Waals surface area contributed by atoms with Crippen LogP contribution in [0.25, 0.3) is 28.0 Å². The third-order valence-corrected chi connectivity index (χ3v) is 4.67. The number of methoxy groups -OCH3 is 1. The number of hydrogen-bond acceptors (Lipinski definition) is 4. The van der Waals surface area contributed by atoms with Crippen molar-refractivity contribution in [2.75, 3.05) is 13.7 Å². The van der Waals surface area contributed by atoms with Gasteiger partial charge < -0.3 is 13.6 Å². The minimum Gasteiger partial charge on any atom is -0.451 e. The molecule has 4 rings (SSSR count). The molecule has 136 valence electrons. The van der Waals surface area contributed by atoms with E-state index in [0.717, 1.165) is 16.6 Å². The van der Waals surface area contributed by atoms with Crippen molar-refractivity contribution in [1.29, 1.82) is 0 Å². The first-order valence-corrected chi connectivity index (χ1v) is 8.87. The second-order valence-corrected chi connectivity index (χ2v) is 6.61. The number of nitrogens with zero attached hydrogens (tertiary/aromatic N) is 2. The van der Waals surface area contributed by atoms with Crippen molar-refractivity contribution >= 4 is 22.9 Å². The molecule has 4 aromatic rings. The average Bonchev–Trinajstić information content (AvgIpc) is 3.32. The molecule has 0 saturated heterocycles. The molecule has 3 heterocycles. The molecule has 0 aliphatic rings. The highest BCUT2D eigenvalue weighted by molar-refractivity contribution is 6.30. The highest BCUT2D eigenvalue weighted by Gasteiger charge is 2.20. The van der Waals surface area contributed by atoms with Gasteiger partial charge in [-0.05, 0) is 35.4 Å². The fourth-order valence-corrected chi connectivity index (χ4v) is 3.33. The number of ether oxygens (including phenoxy) is 1. The maximum atomic E-state index is 12.7. The number of halogens is 1. The fraction of sp³-hybridized carbons (Fsp3) is 0.143. The maximum absolute atomic E-state index is 12.7. The number of carbonyl (C=O) groups is 1. The van der Waals surface area contributed by atoms with Crippen LogP contribution >= 0.6 is 11.6 Å². The number of pyridine rings is 1. The zero-order chi connectivity index (χ0) is 18.8. The van der Waals surface area contributed by atoms with Crippen molar-refractivity contribution in [2.24, 2.45) is 0 Å². The van der Waals surface area contributed by atoms with Gasteiger partial charge in [-0.3, -0.25) is 4.79 Å². The summed E-state index contributed by atoms with van der Waals surface area (Å²) in [6.45, 7) is 0.372. The summed E-state index contributed by atoms with van der Waals surface area (Å²) >= 11 is 6.13. The van der Waals surface area contributed by atoms with E-state index < -0.39 is 0 Å². The minimum atomic E-state index is 0.00264. The first kappa shape index (κ1) is 17.5. The number of ketones is 1. The number of benzene rings is 1. The zero-order valence-corrected chi connectivity index (χ0v) is 15.4. The van der Waals surface area contributed by atoms with E-state index in [-0.39, 0.29) is 5.78 Å². The molecule has 0 atom stereocenters. The van der Waals surface area contributed by atoms with Crippen LogP contribution in [0.1, 0.15) is 16.8 Å². The van der Waals surface area contributed by atoms with E-state index in [2.05, 4.69) is 4.98 Å². The van der Waals surface area contributed by atoms with Crippen molar-refractivity contribution < 1.29 is 13.9 Å². The molecular weight excluding hydrogens is 364 g/mol. The summed E-state index contributed by atoms with van der Waals surface area (Å²) in [5, 5.41) is 0.673. The normalized spacial score (nSPS) is 11.2. The molecule has 27 heavy (non-hydrogen) atoms. The Hall–Kier alpha value is -2.89. The van der Waals surface area contributed by atoms with Gasteiger partial charge in [0.15, 0.2) is 12.2 Å². The Bertz CT molecular complexity index is 1100. The lowest BCUT2D eigenvalue weighted by Gasteiger charge is -2.07. The lowest BCUT2D eigenvalue weighted by Crippen LogP contribution is -2.04. The van der Waals surface area contributed by atoms with E-state index in [1.807, 2.05) is 53.1 Å². The Morgan fingerprint density at radius 2 is 2.11 bits per heavy atom. The first-order valence-electron chi connectivity index (χ1n) is 8.49. The van der Waals surface area contributed by atoms with Gasteiger partial charge in [-0.1, -0.05) is 29.8 Å². The lowest BCUT2D eigenvalue weighted by molar-refractivity contribution is 0.0933. The van der Waals surface area contributed by atoms with E-state index in [9.17, 15) is 4.79 Å². The minimum absolute atomic E-state index is 0.00264. The Labute approximate surface area is 161 Å². The van der Waals surface area contributed by atoms with Crippen molar-refractivity contribution in [2.45, 2.75) is 6.42 Å². The molecule has 0 amide bonds. The monoisotopic (exact) mass is 380 g/mol.